The van der Waals surface area contributed by atoms with Gasteiger partial charge in [0.25, 0.3) is 0 Å². The van der Waals surface area contributed by atoms with Gasteiger partial charge in [0.05, 0.1) is 10.9 Å². The standard InChI is InChI=1S/C16H14N2O/c1-11-6-5-9-15(12(11)2)19-16-13-7-3-4-8-14(13)17-10-18-16/h3-10H,1-2H3. The van der Waals surface area contributed by atoms with Crippen molar-refractivity contribution in [3.8, 4) is 11.6 Å². The summed E-state index contributed by atoms with van der Waals surface area (Å²) in [5.74, 6) is 1.43. The lowest BCUT2D eigenvalue weighted by atomic mass is 10.1. The van der Waals surface area contributed by atoms with Gasteiger partial charge in [0.1, 0.15) is 12.1 Å². The molecule has 0 bridgehead atoms. The molecular weight excluding hydrogens is 236 g/mol. The van der Waals surface area contributed by atoms with Crippen molar-refractivity contribution in [1.82, 2.24) is 9.97 Å². The number of hydrogen-bond donors (Lipinski definition) is 0. The van der Waals surface area contributed by atoms with Crippen LogP contribution in [0.3, 0.4) is 0 Å². The van der Waals surface area contributed by atoms with Crippen LogP contribution in [0.2, 0.25) is 0 Å². The third kappa shape index (κ3) is 2.15. The quantitative estimate of drug-likeness (QED) is 0.688. The maximum Gasteiger partial charge on any atom is 0.230 e. The number of hydrogen-bond acceptors (Lipinski definition) is 3. The Balaban J connectivity index is 2.09. The fourth-order valence-corrected chi connectivity index (χ4v) is 2.00. The Bertz CT molecular complexity index is 732. The zero-order valence-corrected chi connectivity index (χ0v) is 10.9. The largest absolute Gasteiger partial charge is 0.438 e. The fourth-order valence-electron chi connectivity index (χ4n) is 2.00. The second kappa shape index (κ2) is 4.69. The van der Waals surface area contributed by atoms with E-state index >= 15 is 0 Å². The number of ether oxygens (including phenoxy) is 1. The van der Waals surface area contributed by atoms with Crippen molar-refractivity contribution in [3.63, 3.8) is 0 Å². The Morgan fingerprint density at radius 2 is 1.74 bits per heavy atom. The molecule has 3 heteroatoms. The summed E-state index contributed by atoms with van der Waals surface area (Å²) in [6.07, 6.45) is 1.53. The van der Waals surface area contributed by atoms with Crippen molar-refractivity contribution >= 4 is 10.9 Å². The van der Waals surface area contributed by atoms with Crippen molar-refractivity contribution in [1.29, 1.82) is 0 Å². The number of rotatable bonds is 2. The molecule has 0 N–H and O–H groups in total. The summed E-state index contributed by atoms with van der Waals surface area (Å²) in [6, 6.07) is 13.8. The molecule has 0 unspecified atom stereocenters. The minimum atomic E-state index is 0.597. The van der Waals surface area contributed by atoms with Gasteiger partial charge >= 0.3 is 0 Å². The average molecular weight is 250 g/mol. The third-order valence-electron chi connectivity index (χ3n) is 3.27. The van der Waals surface area contributed by atoms with Crippen LogP contribution in [0.4, 0.5) is 0 Å². The molecule has 0 saturated carbocycles. The highest BCUT2D eigenvalue weighted by Crippen LogP contribution is 2.29. The van der Waals surface area contributed by atoms with E-state index < -0.39 is 0 Å². The zero-order valence-electron chi connectivity index (χ0n) is 10.9. The molecule has 0 amide bonds. The molecule has 0 saturated heterocycles. The van der Waals surface area contributed by atoms with Crippen molar-refractivity contribution in [2.75, 3.05) is 0 Å². The molecule has 0 aliphatic carbocycles. The third-order valence-corrected chi connectivity index (χ3v) is 3.27. The van der Waals surface area contributed by atoms with Crippen LogP contribution in [-0.4, -0.2) is 9.97 Å². The Morgan fingerprint density at radius 1 is 0.895 bits per heavy atom. The number of para-hydroxylation sites is 1. The lowest BCUT2D eigenvalue weighted by Gasteiger charge is -2.10. The summed E-state index contributed by atoms with van der Waals surface area (Å²) < 4.78 is 5.95. The minimum Gasteiger partial charge on any atom is -0.438 e. The number of fused-ring (bicyclic) bond motifs is 1. The van der Waals surface area contributed by atoms with Crippen LogP contribution in [0.1, 0.15) is 11.1 Å². The second-order valence-corrected chi connectivity index (χ2v) is 4.50. The molecule has 3 nitrogen and oxygen atoms in total. The Labute approximate surface area is 111 Å². The van der Waals surface area contributed by atoms with E-state index in [1.54, 1.807) is 0 Å². The smallest absolute Gasteiger partial charge is 0.230 e. The molecule has 3 rings (SSSR count). The van der Waals surface area contributed by atoms with E-state index in [1.807, 2.05) is 43.3 Å². The Kier molecular flexibility index (Phi) is 2.88. The van der Waals surface area contributed by atoms with Crippen molar-refractivity contribution < 1.29 is 4.74 Å². The van der Waals surface area contributed by atoms with Gasteiger partial charge in [0.15, 0.2) is 0 Å². The molecule has 1 aromatic heterocycles. The Morgan fingerprint density at radius 3 is 2.63 bits per heavy atom. The number of nitrogens with zero attached hydrogens (tertiary/aromatic N) is 2. The first kappa shape index (κ1) is 11.7. The topological polar surface area (TPSA) is 35.0 Å². The molecular formula is C16H14N2O. The van der Waals surface area contributed by atoms with Gasteiger partial charge in [-0.15, -0.1) is 0 Å². The first-order valence-electron chi connectivity index (χ1n) is 6.19. The monoisotopic (exact) mass is 250 g/mol. The summed E-state index contributed by atoms with van der Waals surface area (Å²) in [5, 5.41) is 0.922. The molecule has 1 heterocycles. The van der Waals surface area contributed by atoms with E-state index in [0.29, 0.717) is 5.88 Å². The summed E-state index contributed by atoms with van der Waals surface area (Å²) >= 11 is 0. The molecule has 0 spiro atoms. The SMILES string of the molecule is Cc1cccc(Oc2ncnc3ccccc23)c1C. The predicted molar refractivity (Wildman–Crippen MR) is 75.5 cm³/mol. The molecule has 0 aliphatic heterocycles. The summed E-state index contributed by atoms with van der Waals surface area (Å²) in [6.45, 7) is 4.12. The van der Waals surface area contributed by atoms with Crippen LogP contribution in [-0.2, 0) is 0 Å². The van der Waals surface area contributed by atoms with Gasteiger partial charge in [-0.1, -0.05) is 24.3 Å². The summed E-state index contributed by atoms with van der Waals surface area (Å²) in [4.78, 5) is 8.47. The molecule has 0 radical (unpaired) electrons. The van der Waals surface area contributed by atoms with Crippen LogP contribution in [0.25, 0.3) is 10.9 Å². The van der Waals surface area contributed by atoms with Gasteiger partial charge in [-0.3, -0.25) is 0 Å². The van der Waals surface area contributed by atoms with E-state index in [0.717, 1.165) is 22.2 Å². The molecule has 19 heavy (non-hydrogen) atoms. The molecule has 0 atom stereocenters. The number of aromatic nitrogens is 2. The van der Waals surface area contributed by atoms with Gasteiger partial charge in [-0.2, -0.15) is 0 Å². The number of benzene rings is 2. The lowest BCUT2D eigenvalue weighted by Crippen LogP contribution is -1.94. The predicted octanol–water partition coefficient (Wildman–Crippen LogP) is 4.04. The number of aryl methyl sites for hydroxylation is 1. The van der Waals surface area contributed by atoms with Crippen LogP contribution < -0.4 is 4.74 Å². The normalized spacial score (nSPS) is 10.6. The fraction of sp³-hybridized carbons (Fsp3) is 0.125. The maximum absolute atomic E-state index is 5.95. The van der Waals surface area contributed by atoms with Crippen LogP contribution in [0, 0.1) is 13.8 Å². The average Bonchev–Trinajstić information content (AvgIpc) is 2.44. The molecule has 94 valence electrons. The van der Waals surface area contributed by atoms with E-state index in [1.165, 1.54) is 11.9 Å². The van der Waals surface area contributed by atoms with Crippen molar-refractivity contribution in [3.05, 3.63) is 59.9 Å². The molecule has 0 fully saturated rings. The van der Waals surface area contributed by atoms with Crippen LogP contribution in [0.5, 0.6) is 11.6 Å². The molecule has 2 aromatic carbocycles. The van der Waals surface area contributed by atoms with Gasteiger partial charge in [-0.05, 0) is 43.2 Å². The molecule has 0 aliphatic rings. The van der Waals surface area contributed by atoms with Gasteiger partial charge in [-0.25, -0.2) is 9.97 Å². The summed E-state index contributed by atoms with van der Waals surface area (Å²) in [5.41, 5.74) is 3.22. The highest BCUT2D eigenvalue weighted by atomic mass is 16.5. The second-order valence-electron chi connectivity index (χ2n) is 4.50. The van der Waals surface area contributed by atoms with E-state index in [4.69, 9.17) is 4.74 Å². The van der Waals surface area contributed by atoms with Crippen molar-refractivity contribution in [2.24, 2.45) is 0 Å². The summed E-state index contributed by atoms with van der Waals surface area (Å²) in [7, 11) is 0. The van der Waals surface area contributed by atoms with E-state index in [9.17, 15) is 0 Å². The van der Waals surface area contributed by atoms with Gasteiger partial charge in [0, 0.05) is 0 Å². The zero-order chi connectivity index (χ0) is 13.2. The highest BCUT2D eigenvalue weighted by molar-refractivity contribution is 5.83. The first-order chi connectivity index (χ1) is 9.25. The van der Waals surface area contributed by atoms with Gasteiger partial charge < -0.3 is 4.74 Å². The van der Waals surface area contributed by atoms with Crippen molar-refractivity contribution in [2.45, 2.75) is 13.8 Å². The van der Waals surface area contributed by atoms with Gasteiger partial charge in [0.2, 0.25) is 5.88 Å². The molecule has 3 aromatic rings. The van der Waals surface area contributed by atoms with Crippen LogP contribution >= 0.6 is 0 Å². The highest BCUT2D eigenvalue weighted by Gasteiger charge is 2.08. The van der Waals surface area contributed by atoms with Crippen LogP contribution in [0.15, 0.2) is 48.8 Å². The van der Waals surface area contributed by atoms with E-state index in [-0.39, 0.29) is 0 Å². The minimum absolute atomic E-state index is 0.597. The van der Waals surface area contributed by atoms with E-state index in [2.05, 4.69) is 23.0 Å². The Hall–Kier alpha value is -2.42. The first-order valence-corrected chi connectivity index (χ1v) is 6.19. The lowest BCUT2D eigenvalue weighted by molar-refractivity contribution is 0.464. The maximum atomic E-state index is 5.95.